The van der Waals surface area contributed by atoms with Crippen LogP contribution in [0.5, 0.6) is 0 Å². The van der Waals surface area contributed by atoms with E-state index in [2.05, 4.69) is 4.98 Å². The summed E-state index contributed by atoms with van der Waals surface area (Å²) in [6.45, 7) is 5.70. The summed E-state index contributed by atoms with van der Waals surface area (Å²) in [6, 6.07) is 5.36. The second-order valence-electron chi connectivity index (χ2n) is 7.04. The lowest BCUT2D eigenvalue weighted by Gasteiger charge is -2.26. The zero-order valence-electron chi connectivity index (χ0n) is 15.7. The van der Waals surface area contributed by atoms with Crippen molar-refractivity contribution in [1.82, 2.24) is 9.88 Å². The summed E-state index contributed by atoms with van der Waals surface area (Å²) in [5.41, 5.74) is 3.27. The van der Waals surface area contributed by atoms with E-state index in [0.29, 0.717) is 13.0 Å². The maximum Gasteiger partial charge on any atom is 0.355 e. The topological polar surface area (TPSA) is 96.5 Å². The molecule has 2 aromatic rings. The molecule has 1 aliphatic rings. The number of hydrogen-bond donors (Lipinski definition) is 1. The smallest absolute Gasteiger partial charge is 0.355 e. The summed E-state index contributed by atoms with van der Waals surface area (Å²) in [5.74, 6) is -0.918. The van der Waals surface area contributed by atoms with Gasteiger partial charge >= 0.3 is 5.97 Å². The molecule has 1 N–H and O–H groups in total. The summed E-state index contributed by atoms with van der Waals surface area (Å²) in [7, 11) is -3.09. The fraction of sp³-hybridized carbons (Fsp3) is 0.474. The number of nitrogens with zero attached hydrogens (tertiary/aromatic N) is 1. The SMILES string of the molecule is CCN(C(=O)COC(=O)c1cc2c(C)cc(C)cc2[nH]1)C1CCS(=O)(=O)C1. The summed E-state index contributed by atoms with van der Waals surface area (Å²) >= 11 is 0. The first-order valence-corrected chi connectivity index (χ1v) is 10.8. The van der Waals surface area contributed by atoms with Crippen LogP contribution in [0, 0.1) is 13.8 Å². The third kappa shape index (κ3) is 4.16. The summed E-state index contributed by atoms with van der Waals surface area (Å²) < 4.78 is 28.5. The number of ether oxygens (including phenoxy) is 1. The lowest BCUT2D eigenvalue weighted by molar-refractivity contribution is -0.136. The molecular weight excluding hydrogens is 368 g/mol. The van der Waals surface area contributed by atoms with Gasteiger partial charge in [0.15, 0.2) is 16.4 Å². The van der Waals surface area contributed by atoms with Gasteiger partial charge in [-0.3, -0.25) is 4.79 Å². The molecule has 1 unspecified atom stereocenters. The Balaban J connectivity index is 1.66. The Hall–Kier alpha value is -2.35. The van der Waals surface area contributed by atoms with Crippen molar-refractivity contribution in [3.8, 4) is 0 Å². The predicted molar refractivity (Wildman–Crippen MR) is 103 cm³/mol. The van der Waals surface area contributed by atoms with Gasteiger partial charge in [-0.2, -0.15) is 0 Å². The number of aromatic amines is 1. The lowest BCUT2D eigenvalue weighted by atomic mass is 10.1. The van der Waals surface area contributed by atoms with Crippen LogP contribution in [0.2, 0.25) is 0 Å². The van der Waals surface area contributed by atoms with E-state index in [1.165, 1.54) is 4.90 Å². The summed E-state index contributed by atoms with van der Waals surface area (Å²) in [6.07, 6.45) is 0.427. The molecule has 0 aliphatic carbocycles. The highest BCUT2D eigenvalue weighted by Crippen LogP contribution is 2.22. The number of sulfone groups is 1. The normalized spacial score (nSPS) is 18.6. The van der Waals surface area contributed by atoms with Gasteiger partial charge in [0.2, 0.25) is 0 Å². The van der Waals surface area contributed by atoms with Gasteiger partial charge in [0, 0.05) is 23.5 Å². The highest BCUT2D eigenvalue weighted by molar-refractivity contribution is 7.91. The van der Waals surface area contributed by atoms with Gasteiger partial charge in [-0.05, 0) is 50.5 Å². The Morgan fingerprint density at radius 2 is 2.00 bits per heavy atom. The Bertz CT molecular complexity index is 993. The van der Waals surface area contributed by atoms with Crippen molar-refractivity contribution in [2.45, 2.75) is 33.2 Å². The van der Waals surface area contributed by atoms with Crippen molar-refractivity contribution in [2.24, 2.45) is 0 Å². The van der Waals surface area contributed by atoms with Crippen molar-refractivity contribution in [1.29, 1.82) is 0 Å². The number of H-pyrrole nitrogens is 1. The van der Waals surface area contributed by atoms with Crippen LogP contribution in [-0.2, 0) is 19.4 Å². The number of likely N-dealkylation sites (N-methyl/N-ethyl adjacent to an activating group) is 1. The number of nitrogens with one attached hydrogen (secondary N) is 1. The number of carbonyl (C=O) groups is 2. The second-order valence-corrected chi connectivity index (χ2v) is 9.27. The lowest BCUT2D eigenvalue weighted by Crippen LogP contribution is -2.43. The van der Waals surface area contributed by atoms with Gasteiger partial charge in [0.25, 0.3) is 5.91 Å². The molecule has 7 nitrogen and oxygen atoms in total. The van der Waals surface area contributed by atoms with Gasteiger partial charge in [-0.1, -0.05) is 6.07 Å². The fourth-order valence-electron chi connectivity index (χ4n) is 3.66. The highest BCUT2D eigenvalue weighted by atomic mass is 32.2. The molecule has 1 saturated heterocycles. The number of hydrogen-bond acceptors (Lipinski definition) is 5. The minimum atomic E-state index is -3.09. The number of carbonyl (C=O) groups excluding carboxylic acids is 2. The first-order chi connectivity index (χ1) is 12.7. The number of benzene rings is 1. The van der Waals surface area contributed by atoms with Crippen LogP contribution in [0.25, 0.3) is 10.9 Å². The number of rotatable bonds is 5. The zero-order valence-corrected chi connectivity index (χ0v) is 16.6. The molecule has 0 spiro atoms. The minimum Gasteiger partial charge on any atom is -0.451 e. The quantitative estimate of drug-likeness (QED) is 0.785. The minimum absolute atomic E-state index is 0.0266. The van der Waals surface area contributed by atoms with Gasteiger partial charge in [-0.15, -0.1) is 0 Å². The van der Waals surface area contributed by atoms with Crippen molar-refractivity contribution in [3.05, 3.63) is 35.0 Å². The van der Waals surface area contributed by atoms with Crippen LogP contribution in [-0.4, -0.2) is 60.9 Å². The second kappa shape index (κ2) is 7.34. The van der Waals surface area contributed by atoms with Crippen LogP contribution in [0.3, 0.4) is 0 Å². The molecule has 1 atom stereocenters. The summed E-state index contributed by atoms with van der Waals surface area (Å²) in [4.78, 5) is 29.3. The average molecular weight is 392 g/mol. The van der Waals surface area contributed by atoms with Crippen molar-refractivity contribution >= 4 is 32.6 Å². The molecule has 3 rings (SSSR count). The van der Waals surface area contributed by atoms with Gasteiger partial charge < -0.3 is 14.6 Å². The molecule has 2 heterocycles. The maximum atomic E-state index is 12.4. The molecule has 1 aromatic heterocycles. The van der Waals surface area contributed by atoms with Crippen molar-refractivity contribution in [3.63, 3.8) is 0 Å². The Labute approximate surface area is 158 Å². The first-order valence-electron chi connectivity index (χ1n) is 8.97. The van der Waals surface area contributed by atoms with Gasteiger partial charge in [0.1, 0.15) is 5.69 Å². The molecule has 27 heavy (non-hydrogen) atoms. The molecule has 1 aliphatic heterocycles. The Kier molecular flexibility index (Phi) is 5.28. The molecule has 0 saturated carbocycles. The van der Waals surface area contributed by atoms with E-state index in [0.717, 1.165) is 22.0 Å². The monoisotopic (exact) mass is 392 g/mol. The number of amides is 1. The number of aryl methyl sites for hydroxylation is 2. The highest BCUT2D eigenvalue weighted by Gasteiger charge is 2.34. The van der Waals surface area contributed by atoms with Crippen LogP contribution >= 0.6 is 0 Å². The van der Waals surface area contributed by atoms with Crippen molar-refractivity contribution in [2.75, 3.05) is 24.7 Å². The zero-order chi connectivity index (χ0) is 19.8. The number of fused-ring (bicyclic) bond motifs is 1. The van der Waals surface area contributed by atoms with E-state index in [-0.39, 0.29) is 29.1 Å². The molecule has 8 heteroatoms. The van der Waals surface area contributed by atoms with E-state index in [9.17, 15) is 18.0 Å². The Morgan fingerprint density at radius 1 is 1.26 bits per heavy atom. The van der Waals surface area contributed by atoms with E-state index in [1.807, 2.05) is 26.0 Å². The molecule has 146 valence electrons. The standard InChI is InChI=1S/C19H24N2O5S/c1-4-21(14-5-6-27(24,25)11-14)18(22)10-26-19(23)17-9-15-13(3)7-12(2)8-16(15)20-17/h7-9,14,20H,4-6,10-11H2,1-3H3. The maximum absolute atomic E-state index is 12.4. The van der Waals surface area contributed by atoms with Gasteiger partial charge in [0.05, 0.1) is 11.5 Å². The van der Waals surface area contributed by atoms with Crippen LogP contribution in [0.4, 0.5) is 0 Å². The van der Waals surface area contributed by atoms with Crippen molar-refractivity contribution < 1.29 is 22.7 Å². The molecule has 1 fully saturated rings. The fourth-order valence-corrected chi connectivity index (χ4v) is 5.39. The predicted octanol–water partition coefficient (Wildman–Crippen LogP) is 1.98. The van der Waals surface area contributed by atoms with E-state index in [4.69, 9.17) is 4.74 Å². The molecule has 0 bridgehead atoms. The number of esters is 1. The van der Waals surface area contributed by atoms with Crippen LogP contribution in [0.1, 0.15) is 35.0 Å². The molecule has 0 radical (unpaired) electrons. The molecule has 1 amide bonds. The average Bonchev–Trinajstić information content (AvgIpc) is 3.17. The summed E-state index contributed by atoms with van der Waals surface area (Å²) in [5, 5.41) is 0.935. The van der Waals surface area contributed by atoms with Crippen LogP contribution in [0.15, 0.2) is 18.2 Å². The largest absolute Gasteiger partial charge is 0.451 e. The molecule has 1 aromatic carbocycles. The van der Waals surface area contributed by atoms with E-state index >= 15 is 0 Å². The third-order valence-electron chi connectivity index (χ3n) is 4.95. The third-order valence-corrected chi connectivity index (χ3v) is 6.70. The Morgan fingerprint density at radius 3 is 2.63 bits per heavy atom. The van der Waals surface area contributed by atoms with Crippen LogP contribution < -0.4 is 0 Å². The van der Waals surface area contributed by atoms with E-state index < -0.39 is 22.4 Å². The molecular formula is C19H24N2O5S. The van der Waals surface area contributed by atoms with E-state index in [1.54, 1.807) is 13.0 Å². The van der Waals surface area contributed by atoms with Gasteiger partial charge in [-0.25, -0.2) is 13.2 Å². The number of aromatic nitrogens is 1. The first kappa shape index (κ1) is 19.4.